The first-order chi connectivity index (χ1) is 9.43. The van der Waals surface area contributed by atoms with Crippen molar-refractivity contribution in [3.8, 4) is 6.07 Å². The molecular weight excluding hydrogens is 287 g/mol. The maximum atomic E-state index is 12.6. The van der Waals surface area contributed by atoms with Gasteiger partial charge in [-0.05, 0) is 37.1 Å². The summed E-state index contributed by atoms with van der Waals surface area (Å²) < 4.78 is 37.7. The van der Waals surface area contributed by atoms with Crippen LogP contribution in [0.25, 0.3) is 0 Å². The Bertz CT molecular complexity index is 495. The van der Waals surface area contributed by atoms with Gasteiger partial charge in [-0.1, -0.05) is 6.07 Å². The molecule has 1 atom stereocenters. The number of hydrogen-bond acceptors (Lipinski definition) is 3. The minimum atomic E-state index is -4.17. The molecule has 1 saturated carbocycles. The second-order valence-corrected chi connectivity index (χ2v) is 6.05. The third kappa shape index (κ3) is 3.21. The second-order valence-electron chi connectivity index (χ2n) is 5.07. The summed E-state index contributed by atoms with van der Waals surface area (Å²) in [6.07, 6.45) is -3.74. The Morgan fingerprint density at radius 3 is 2.45 bits per heavy atom. The number of ketones is 1. The van der Waals surface area contributed by atoms with Crippen molar-refractivity contribution in [3.05, 3.63) is 22.4 Å². The Morgan fingerprint density at radius 2 is 2.00 bits per heavy atom. The second kappa shape index (κ2) is 5.96. The molecule has 108 valence electrons. The normalized spacial score (nSPS) is 24.9. The van der Waals surface area contributed by atoms with Crippen LogP contribution in [0.2, 0.25) is 0 Å². The Morgan fingerprint density at radius 1 is 1.35 bits per heavy atom. The molecule has 0 spiro atoms. The van der Waals surface area contributed by atoms with Crippen molar-refractivity contribution in [3.63, 3.8) is 0 Å². The van der Waals surface area contributed by atoms with Gasteiger partial charge in [-0.25, -0.2) is 0 Å². The van der Waals surface area contributed by atoms with Crippen molar-refractivity contribution in [1.82, 2.24) is 0 Å². The van der Waals surface area contributed by atoms with E-state index in [9.17, 15) is 18.0 Å². The molecule has 2 rings (SSSR count). The monoisotopic (exact) mass is 301 g/mol. The number of hydrogen-bond donors (Lipinski definition) is 0. The number of alkyl halides is 3. The van der Waals surface area contributed by atoms with Crippen LogP contribution in [0.1, 0.15) is 36.5 Å². The smallest absolute Gasteiger partial charge is 0.297 e. The molecule has 0 radical (unpaired) electrons. The third-order valence-electron chi connectivity index (χ3n) is 3.83. The van der Waals surface area contributed by atoms with Crippen molar-refractivity contribution in [2.75, 3.05) is 0 Å². The van der Waals surface area contributed by atoms with Crippen LogP contribution in [0.15, 0.2) is 17.5 Å². The Kier molecular flexibility index (Phi) is 4.48. The predicted octanol–water partition coefficient (Wildman–Crippen LogP) is 4.29. The molecular formula is C14H14F3NOS. The third-order valence-corrected chi connectivity index (χ3v) is 4.77. The number of carbonyl (C=O) groups excluding carboxylic acids is 1. The highest BCUT2D eigenvalue weighted by atomic mass is 32.1. The van der Waals surface area contributed by atoms with Gasteiger partial charge in [0.05, 0.1) is 12.0 Å². The molecule has 1 unspecified atom stereocenters. The Labute approximate surface area is 119 Å². The van der Waals surface area contributed by atoms with E-state index in [0.717, 1.165) is 0 Å². The lowest BCUT2D eigenvalue weighted by Crippen LogP contribution is -2.31. The first-order valence-corrected chi connectivity index (χ1v) is 7.35. The summed E-state index contributed by atoms with van der Waals surface area (Å²) in [5.74, 6) is -2.77. The molecule has 0 bridgehead atoms. The largest absolute Gasteiger partial charge is 0.391 e. The van der Waals surface area contributed by atoms with Gasteiger partial charge in [-0.3, -0.25) is 4.79 Å². The highest BCUT2D eigenvalue weighted by Gasteiger charge is 2.43. The number of thiophene rings is 1. The zero-order chi connectivity index (χ0) is 14.8. The van der Waals surface area contributed by atoms with Crippen molar-refractivity contribution in [1.29, 1.82) is 5.26 Å². The fourth-order valence-corrected chi connectivity index (χ4v) is 3.44. The van der Waals surface area contributed by atoms with E-state index in [0.29, 0.717) is 4.88 Å². The van der Waals surface area contributed by atoms with Gasteiger partial charge in [-0.15, -0.1) is 11.3 Å². The van der Waals surface area contributed by atoms with Gasteiger partial charge in [0, 0.05) is 10.8 Å². The molecule has 20 heavy (non-hydrogen) atoms. The molecule has 1 aromatic rings. The summed E-state index contributed by atoms with van der Waals surface area (Å²) >= 11 is 1.33. The minimum Gasteiger partial charge on any atom is -0.297 e. The van der Waals surface area contributed by atoms with Crippen LogP contribution >= 0.6 is 11.3 Å². The topological polar surface area (TPSA) is 40.9 Å². The Balaban J connectivity index is 2.00. The molecule has 0 saturated heterocycles. The molecule has 0 aromatic carbocycles. The highest BCUT2D eigenvalue weighted by Crippen LogP contribution is 2.41. The van der Waals surface area contributed by atoms with E-state index in [-0.39, 0.29) is 31.5 Å². The van der Waals surface area contributed by atoms with E-state index in [4.69, 9.17) is 5.26 Å². The number of carbonyl (C=O) groups is 1. The van der Waals surface area contributed by atoms with Crippen molar-refractivity contribution >= 4 is 17.1 Å². The molecule has 0 aliphatic heterocycles. The zero-order valence-electron chi connectivity index (χ0n) is 10.7. The summed E-state index contributed by atoms with van der Waals surface area (Å²) in [6, 6.07) is 5.46. The molecule has 6 heteroatoms. The summed E-state index contributed by atoms with van der Waals surface area (Å²) in [5, 5.41) is 10.9. The maximum Gasteiger partial charge on any atom is 0.391 e. The van der Waals surface area contributed by atoms with E-state index >= 15 is 0 Å². The van der Waals surface area contributed by atoms with Gasteiger partial charge in [0.1, 0.15) is 5.92 Å². The summed E-state index contributed by atoms with van der Waals surface area (Å²) in [4.78, 5) is 13.0. The van der Waals surface area contributed by atoms with Gasteiger partial charge < -0.3 is 0 Å². The van der Waals surface area contributed by atoms with Crippen LogP contribution in [-0.2, 0) is 4.79 Å². The van der Waals surface area contributed by atoms with Crippen LogP contribution in [0.5, 0.6) is 0 Å². The molecule has 1 fully saturated rings. The number of rotatable bonds is 3. The predicted molar refractivity (Wildman–Crippen MR) is 69.2 cm³/mol. The van der Waals surface area contributed by atoms with E-state index in [1.54, 1.807) is 17.5 Å². The maximum absolute atomic E-state index is 12.6. The van der Waals surface area contributed by atoms with Gasteiger partial charge in [0.25, 0.3) is 0 Å². The average molecular weight is 301 g/mol. The van der Waals surface area contributed by atoms with Gasteiger partial charge in [-0.2, -0.15) is 18.4 Å². The lowest BCUT2D eigenvalue weighted by Gasteiger charge is -2.29. The first kappa shape index (κ1) is 15.0. The fourth-order valence-electron chi connectivity index (χ4n) is 2.66. The molecule has 1 aliphatic carbocycles. The highest BCUT2D eigenvalue weighted by molar-refractivity contribution is 7.10. The summed E-state index contributed by atoms with van der Waals surface area (Å²) in [6.45, 7) is 0. The first-order valence-electron chi connectivity index (χ1n) is 6.47. The lowest BCUT2D eigenvalue weighted by atomic mass is 9.77. The van der Waals surface area contributed by atoms with Crippen molar-refractivity contribution in [2.24, 2.45) is 11.8 Å². The zero-order valence-corrected chi connectivity index (χ0v) is 11.5. The van der Waals surface area contributed by atoms with Crippen LogP contribution in [0, 0.1) is 23.2 Å². The van der Waals surface area contributed by atoms with E-state index in [2.05, 4.69) is 0 Å². The molecule has 1 aliphatic rings. The van der Waals surface area contributed by atoms with Gasteiger partial charge >= 0.3 is 6.18 Å². The van der Waals surface area contributed by atoms with Crippen LogP contribution < -0.4 is 0 Å². The summed E-state index contributed by atoms with van der Waals surface area (Å²) in [5.41, 5.74) is 0. The van der Waals surface area contributed by atoms with Crippen LogP contribution in [0.4, 0.5) is 13.2 Å². The number of nitrogens with zero attached hydrogens (tertiary/aromatic N) is 1. The minimum absolute atomic E-state index is 0.0114. The van der Waals surface area contributed by atoms with E-state index in [1.807, 2.05) is 6.07 Å². The number of nitriles is 1. The van der Waals surface area contributed by atoms with Crippen LogP contribution in [0.3, 0.4) is 0 Å². The van der Waals surface area contributed by atoms with E-state index < -0.39 is 23.9 Å². The van der Waals surface area contributed by atoms with E-state index in [1.165, 1.54) is 11.3 Å². The molecule has 1 aromatic heterocycles. The molecule has 2 nitrogen and oxygen atoms in total. The number of Topliss-reactive ketones (excluding diaryl/α,β-unsaturated/α-hetero) is 1. The number of halogens is 3. The quantitative estimate of drug-likeness (QED) is 0.835. The lowest BCUT2D eigenvalue weighted by molar-refractivity contribution is -0.184. The molecule has 1 heterocycles. The van der Waals surface area contributed by atoms with Crippen LogP contribution in [-0.4, -0.2) is 12.0 Å². The average Bonchev–Trinajstić information content (AvgIpc) is 2.92. The van der Waals surface area contributed by atoms with Gasteiger partial charge in [0.2, 0.25) is 0 Å². The van der Waals surface area contributed by atoms with Crippen molar-refractivity contribution < 1.29 is 18.0 Å². The summed E-state index contributed by atoms with van der Waals surface area (Å²) in [7, 11) is 0. The van der Waals surface area contributed by atoms with Gasteiger partial charge in [0.15, 0.2) is 5.78 Å². The fraction of sp³-hybridized carbons (Fsp3) is 0.571. The molecule has 0 amide bonds. The molecule has 0 N–H and O–H groups in total. The standard InChI is InChI=1S/C14H14F3NOS/c15-14(16,17)10-5-3-9(4-6-10)13(19)11(8-18)12-2-1-7-20-12/h1-2,7,9-11H,3-6H2. The SMILES string of the molecule is N#CC(C(=O)C1CCC(C(F)(F)F)CC1)c1cccs1. The van der Waals surface area contributed by atoms with Crippen molar-refractivity contribution in [2.45, 2.75) is 37.8 Å². The Hall–Kier alpha value is -1.35.